The number of hydrogen-bond donors (Lipinski definition) is 1. The number of aliphatic hydroxyl groups is 1. The van der Waals surface area contributed by atoms with Crippen molar-refractivity contribution in [3.8, 4) is 5.75 Å². The van der Waals surface area contributed by atoms with E-state index in [-0.39, 0.29) is 0 Å². The molecule has 0 fully saturated rings. The van der Waals surface area contributed by atoms with E-state index in [4.69, 9.17) is 4.74 Å². The number of benzene rings is 1. The summed E-state index contributed by atoms with van der Waals surface area (Å²) in [7, 11) is 0. The highest BCUT2D eigenvalue weighted by molar-refractivity contribution is 5.39. The van der Waals surface area contributed by atoms with Gasteiger partial charge in [0.2, 0.25) is 0 Å². The molecule has 1 atom stereocenters. The Morgan fingerprint density at radius 2 is 2.35 bits per heavy atom. The summed E-state index contributed by atoms with van der Waals surface area (Å²) in [6.45, 7) is 3.49. The lowest BCUT2D eigenvalue weighted by Crippen LogP contribution is -2.02. The molecule has 3 rings (SSSR count). The number of nitrogens with zero attached hydrogens (tertiary/aromatic N) is 3. The number of ether oxygens (including phenoxy) is 1. The molecule has 2 heterocycles. The second-order valence-electron chi connectivity index (χ2n) is 5.12. The molecule has 106 valence electrons. The zero-order valence-electron chi connectivity index (χ0n) is 11.6. The number of fused-ring (bicyclic) bond motifs is 1. The van der Waals surface area contributed by atoms with Crippen molar-refractivity contribution in [2.45, 2.75) is 38.8 Å². The van der Waals surface area contributed by atoms with Crippen LogP contribution in [0.15, 0.2) is 24.4 Å². The van der Waals surface area contributed by atoms with Crippen LogP contribution in [0.1, 0.15) is 36.3 Å². The monoisotopic (exact) mass is 273 g/mol. The number of aryl methyl sites for hydroxylation is 2. The molecule has 1 unspecified atom stereocenters. The second kappa shape index (κ2) is 5.63. The van der Waals surface area contributed by atoms with Gasteiger partial charge in [0.1, 0.15) is 11.4 Å². The molecule has 0 saturated carbocycles. The van der Waals surface area contributed by atoms with Gasteiger partial charge < -0.3 is 9.84 Å². The van der Waals surface area contributed by atoms with Crippen LogP contribution < -0.4 is 4.74 Å². The van der Waals surface area contributed by atoms with E-state index in [1.165, 1.54) is 11.1 Å². The molecule has 0 bridgehead atoms. The summed E-state index contributed by atoms with van der Waals surface area (Å²) in [5.74, 6) is 1.02. The quantitative estimate of drug-likeness (QED) is 0.904. The van der Waals surface area contributed by atoms with Crippen molar-refractivity contribution >= 4 is 0 Å². The third kappa shape index (κ3) is 2.67. The molecule has 1 aliphatic rings. The van der Waals surface area contributed by atoms with Gasteiger partial charge >= 0.3 is 0 Å². The predicted octanol–water partition coefficient (Wildman–Crippen LogP) is 1.90. The molecule has 2 aromatic rings. The van der Waals surface area contributed by atoms with Crippen molar-refractivity contribution in [2.24, 2.45) is 0 Å². The molecule has 0 saturated heterocycles. The SMILES string of the molecule is CCC(O)c1cn(CCc2ccc3c(c2)CCO3)nn1. The summed E-state index contributed by atoms with van der Waals surface area (Å²) in [6, 6.07) is 6.36. The standard InChI is InChI=1S/C15H19N3O2/c1-2-14(19)13-10-18(17-16-13)7-5-11-3-4-15-12(9-11)6-8-20-15/h3-4,9-10,14,19H,2,5-8H2,1H3. The minimum atomic E-state index is -0.513. The van der Waals surface area contributed by atoms with E-state index in [0.29, 0.717) is 12.1 Å². The van der Waals surface area contributed by atoms with Gasteiger partial charge in [0.25, 0.3) is 0 Å². The second-order valence-corrected chi connectivity index (χ2v) is 5.12. The van der Waals surface area contributed by atoms with Crippen LogP contribution in [0.3, 0.4) is 0 Å². The predicted molar refractivity (Wildman–Crippen MR) is 74.6 cm³/mol. The van der Waals surface area contributed by atoms with Crippen LogP contribution in [0.4, 0.5) is 0 Å². The summed E-state index contributed by atoms with van der Waals surface area (Å²) in [6.07, 6.45) is 3.87. The molecule has 20 heavy (non-hydrogen) atoms. The molecule has 5 nitrogen and oxygen atoms in total. The Morgan fingerprint density at radius 1 is 1.45 bits per heavy atom. The Balaban J connectivity index is 1.63. The van der Waals surface area contributed by atoms with Crippen LogP contribution in [0.5, 0.6) is 5.75 Å². The zero-order chi connectivity index (χ0) is 13.9. The summed E-state index contributed by atoms with van der Waals surface area (Å²) >= 11 is 0. The summed E-state index contributed by atoms with van der Waals surface area (Å²) < 4.78 is 7.29. The van der Waals surface area contributed by atoms with Crippen molar-refractivity contribution in [2.75, 3.05) is 6.61 Å². The van der Waals surface area contributed by atoms with Crippen molar-refractivity contribution < 1.29 is 9.84 Å². The fraction of sp³-hybridized carbons (Fsp3) is 0.467. The highest BCUT2D eigenvalue weighted by Gasteiger charge is 2.12. The summed E-state index contributed by atoms with van der Waals surface area (Å²) in [4.78, 5) is 0. The van der Waals surface area contributed by atoms with Crippen LogP contribution in [-0.2, 0) is 19.4 Å². The smallest absolute Gasteiger partial charge is 0.122 e. The number of aromatic nitrogens is 3. The van der Waals surface area contributed by atoms with Crippen LogP contribution in [0, 0.1) is 0 Å². The summed E-state index contributed by atoms with van der Waals surface area (Å²) in [5, 5.41) is 17.8. The largest absolute Gasteiger partial charge is 0.493 e. The number of hydrogen-bond acceptors (Lipinski definition) is 4. The molecule has 0 amide bonds. The van der Waals surface area contributed by atoms with Gasteiger partial charge in [0.05, 0.1) is 18.9 Å². The first kappa shape index (κ1) is 13.1. The lowest BCUT2D eigenvalue weighted by molar-refractivity contribution is 0.168. The molecule has 1 aromatic carbocycles. The van der Waals surface area contributed by atoms with Gasteiger partial charge in [-0.15, -0.1) is 5.10 Å². The van der Waals surface area contributed by atoms with Gasteiger partial charge in [0.15, 0.2) is 0 Å². The van der Waals surface area contributed by atoms with E-state index in [0.717, 1.165) is 31.7 Å². The fourth-order valence-electron chi connectivity index (χ4n) is 2.42. The van der Waals surface area contributed by atoms with Gasteiger partial charge in [-0.05, 0) is 30.0 Å². The normalized spacial score (nSPS) is 14.9. The average molecular weight is 273 g/mol. The van der Waals surface area contributed by atoms with Crippen LogP contribution in [0.2, 0.25) is 0 Å². The van der Waals surface area contributed by atoms with Crippen molar-refractivity contribution in [3.63, 3.8) is 0 Å². The molecular formula is C15H19N3O2. The van der Waals surface area contributed by atoms with E-state index in [2.05, 4.69) is 22.4 Å². The molecule has 0 aliphatic carbocycles. The molecular weight excluding hydrogens is 254 g/mol. The first-order valence-corrected chi connectivity index (χ1v) is 7.09. The zero-order valence-corrected chi connectivity index (χ0v) is 11.6. The van der Waals surface area contributed by atoms with E-state index in [1.807, 2.05) is 19.2 Å². The Labute approximate surface area is 118 Å². The van der Waals surface area contributed by atoms with Crippen molar-refractivity contribution in [3.05, 3.63) is 41.2 Å². The lowest BCUT2D eigenvalue weighted by atomic mass is 10.1. The molecule has 1 N–H and O–H groups in total. The molecule has 1 aliphatic heterocycles. The minimum absolute atomic E-state index is 0.513. The minimum Gasteiger partial charge on any atom is -0.493 e. The van der Waals surface area contributed by atoms with Crippen LogP contribution >= 0.6 is 0 Å². The van der Waals surface area contributed by atoms with Crippen molar-refractivity contribution in [1.82, 2.24) is 15.0 Å². The third-order valence-electron chi connectivity index (χ3n) is 3.67. The molecule has 1 aromatic heterocycles. The Bertz CT molecular complexity index is 595. The average Bonchev–Trinajstić information content (AvgIpc) is 3.12. The lowest BCUT2D eigenvalue weighted by Gasteiger charge is -2.04. The first-order valence-electron chi connectivity index (χ1n) is 7.09. The first-order chi connectivity index (χ1) is 9.76. The van der Waals surface area contributed by atoms with E-state index < -0.39 is 6.10 Å². The topological polar surface area (TPSA) is 60.2 Å². The molecule has 5 heteroatoms. The van der Waals surface area contributed by atoms with E-state index in [9.17, 15) is 5.11 Å². The van der Waals surface area contributed by atoms with Gasteiger partial charge in [0, 0.05) is 13.0 Å². The van der Waals surface area contributed by atoms with Gasteiger partial charge in [-0.3, -0.25) is 4.68 Å². The maximum atomic E-state index is 9.70. The maximum Gasteiger partial charge on any atom is 0.122 e. The molecule has 0 radical (unpaired) electrons. The molecule has 0 spiro atoms. The Kier molecular flexibility index (Phi) is 3.69. The van der Waals surface area contributed by atoms with E-state index in [1.54, 1.807) is 4.68 Å². The van der Waals surface area contributed by atoms with Gasteiger partial charge in [-0.2, -0.15) is 0 Å². The van der Waals surface area contributed by atoms with Crippen LogP contribution in [-0.4, -0.2) is 26.7 Å². The van der Waals surface area contributed by atoms with E-state index >= 15 is 0 Å². The fourth-order valence-corrected chi connectivity index (χ4v) is 2.42. The summed E-state index contributed by atoms with van der Waals surface area (Å²) in [5.41, 5.74) is 3.22. The van der Waals surface area contributed by atoms with Crippen LogP contribution in [0.25, 0.3) is 0 Å². The maximum absolute atomic E-state index is 9.70. The van der Waals surface area contributed by atoms with Crippen molar-refractivity contribution in [1.29, 1.82) is 0 Å². The Hall–Kier alpha value is -1.88. The number of aliphatic hydroxyl groups excluding tert-OH is 1. The highest BCUT2D eigenvalue weighted by Crippen LogP contribution is 2.26. The van der Waals surface area contributed by atoms with Gasteiger partial charge in [-0.25, -0.2) is 0 Å². The Morgan fingerprint density at radius 3 is 3.20 bits per heavy atom. The highest BCUT2D eigenvalue weighted by atomic mass is 16.5. The van der Waals surface area contributed by atoms with Gasteiger partial charge in [-0.1, -0.05) is 24.3 Å². The third-order valence-corrected chi connectivity index (χ3v) is 3.67. The number of rotatable bonds is 5.